The van der Waals surface area contributed by atoms with Crippen molar-refractivity contribution in [3.63, 3.8) is 0 Å². The van der Waals surface area contributed by atoms with E-state index in [9.17, 15) is 14.9 Å². The van der Waals surface area contributed by atoms with Crippen LogP contribution in [0.5, 0.6) is 0 Å². The summed E-state index contributed by atoms with van der Waals surface area (Å²) in [6, 6.07) is 1.47. The smallest absolute Gasteiger partial charge is 0.319 e. The van der Waals surface area contributed by atoms with E-state index >= 15 is 0 Å². The van der Waals surface area contributed by atoms with E-state index in [1.165, 1.54) is 18.7 Å². The maximum atomic E-state index is 12.6. The summed E-state index contributed by atoms with van der Waals surface area (Å²) in [5, 5.41) is 10.9. The molecular formula is C14H18ClN3O3. The molecule has 0 aromatic carbocycles. The Bertz CT molecular complexity index is 564. The van der Waals surface area contributed by atoms with Crippen molar-refractivity contribution in [3.05, 3.63) is 33.1 Å². The summed E-state index contributed by atoms with van der Waals surface area (Å²) in [5.41, 5.74) is -0.416. The number of nitro groups is 1. The average Bonchev–Trinajstić information content (AvgIpc) is 2.45. The number of amides is 1. The second-order valence-corrected chi connectivity index (χ2v) is 5.95. The van der Waals surface area contributed by atoms with Crippen LogP contribution in [0.3, 0.4) is 0 Å². The van der Waals surface area contributed by atoms with Crippen molar-refractivity contribution in [2.24, 2.45) is 5.92 Å². The molecule has 2 rings (SSSR count). The van der Waals surface area contributed by atoms with Gasteiger partial charge in [-0.25, -0.2) is 4.98 Å². The number of pyridine rings is 1. The Labute approximate surface area is 128 Å². The van der Waals surface area contributed by atoms with Crippen molar-refractivity contribution in [1.82, 2.24) is 9.88 Å². The lowest BCUT2D eigenvalue weighted by atomic mass is 9.86. The van der Waals surface area contributed by atoms with Gasteiger partial charge in [-0.3, -0.25) is 14.9 Å². The second kappa shape index (κ2) is 6.39. The number of carbonyl (C=O) groups is 1. The van der Waals surface area contributed by atoms with Gasteiger partial charge < -0.3 is 4.90 Å². The Kier molecular flexibility index (Phi) is 4.77. The van der Waals surface area contributed by atoms with Gasteiger partial charge in [0.15, 0.2) is 0 Å². The Balaban J connectivity index is 2.27. The zero-order chi connectivity index (χ0) is 15.6. The van der Waals surface area contributed by atoms with Crippen molar-refractivity contribution in [2.45, 2.75) is 38.6 Å². The number of hydrogen-bond donors (Lipinski definition) is 0. The summed E-state index contributed by atoms with van der Waals surface area (Å²) in [5.74, 6) is 0.195. The molecule has 1 aliphatic carbocycles. The number of carbonyl (C=O) groups excluding carboxylic acids is 1. The molecule has 0 N–H and O–H groups in total. The van der Waals surface area contributed by atoms with Gasteiger partial charge >= 0.3 is 5.69 Å². The lowest BCUT2D eigenvalue weighted by Gasteiger charge is -2.34. The molecule has 21 heavy (non-hydrogen) atoms. The normalized spacial score (nSPS) is 21.9. The monoisotopic (exact) mass is 311 g/mol. The average molecular weight is 312 g/mol. The Morgan fingerprint density at radius 1 is 1.52 bits per heavy atom. The zero-order valence-corrected chi connectivity index (χ0v) is 12.8. The lowest BCUT2D eigenvalue weighted by Crippen LogP contribution is -2.40. The first-order valence-corrected chi connectivity index (χ1v) is 7.35. The van der Waals surface area contributed by atoms with Gasteiger partial charge in [-0.15, -0.1) is 0 Å². The highest BCUT2D eigenvalue weighted by atomic mass is 35.5. The third-order valence-corrected chi connectivity index (χ3v) is 4.35. The van der Waals surface area contributed by atoms with E-state index in [1.54, 1.807) is 11.9 Å². The lowest BCUT2D eigenvalue weighted by molar-refractivity contribution is -0.385. The van der Waals surface area contributed by atoms with Crippen LogP contribution < -0.4 is 0 Å². The summed E-state index contributed by atoms with van der Waals surface area (Å²) < 4.78 is 0. The van der Waals surface area contributed by atoms with E-state index in [1.807, 2.05) is 0 Å². The maximum Gasteiger partial charge on any atom is 0.319 e. The Hall–Kier alpha value is -1.69. The molecule has 1 aromatic heterocycles. The molecule has 0 aliphatic heterocycles. The summed E-state index contributed by atoms with van der Waals surface area (Å²) in [7, 11) is 1.70. The van der Waals surface area contributed by atoms with Gasteiger partial charge in [0.2, 0.25) is 5.15 Å². The Morgan fingerprint density at radius 3 is 2.86 bits per heavy atom. The molecule has 0 spiro atoms. The van der Waals surface area contributed by atoms with Crippen molar-refractivity contribution < 1.29 is 9.72 Å². The third kappa shape index (κ3) is 3.32. The molecular weight excluding hydrogens is 294 g/mol. The van der Waals surface area contributed by atoms with Crippen LogP contribution in [-0.4, -0.2) is 33.8 Å². The van der Waals surface area contributed by atoms with E-state index in [4.69, 9.17) is 11.6 Å². The molecule has 114 valence electrons. The Morgan fingerprint density at radius 2 is 2.24 bits per heavy atom. The van der Waals surface area contributed by atoms with Gasteiger partial charge in [0.1, 0.15) is 5.56 Å². The fourth-order valence-corrected chi connectivity index (χ4v) is 3.11. The highest BCUT2D eigenvalue weighted by Gasteiger charge is 2.31. The summed E-state index contributed by atoms with van der Waals surface area (Å²) in [4.78, 5) is 28.3. The van der Waals surface area contributed by atoms with Crippen molar-refractivity contribution in [3.8, 4) is 0 Å². The van der Waals surface area contributed by atoms with Gasteiger partial charge in [0.05, 0.1) is 4.92 Å². The molecule has 0 bridgehead atoms. The van der Waals surface area contributed by atoms with Crippen LogP contribution in [0.25, 0.3) is 0 Å². The molecule has 2 atom stereocenters. The predicted octanol–water partition coefficient (Wildman–Crippen LogP) is 3.29. The van der Waals surface area contributed by atoms with Crippen LogP contribution in [-0.2, 0) is 0 Å². The molecule has 6 nitrogen and oxygen atoms in total. The molecule has 0 radical (unpaired) electrons. The standard InChI is InChI=1S/C14H18ClN3O3/c1-9-4-3-5-10(8-9)17(2)14(19)11-6-7-16-13(15)12(11)18(20)21/h6-7,9-10H,3-5,8H2,1-2H3. The third-order valence-electron chi connectivity index (χ3n) is 4.07. The zero-order valence-electron chi connectivity index (χ0n) is 12.1. The first-order chi connectivity index (χ1) is 9.91. The van der Waals surface area contributed by atoms with Gasteiger partial charge in [-0.05, 0) is 24.8 Å². The second-order valence-electron chi connectivity index (χ2n) is 5.60. The van der Waals surface area contributed by atoms with Gasteiger partial charge in [0.25, 0.3) is 5.91 Å². The maximum absolute atomic E-state index is 12.6. The highest BCUT2D eigenvalue weighted by molar-refractivity contribution is 6.32. The van der Waals surface area contributed by atoms with Gasteiger partial charge in [-0.1, -0.05) is 31.4 Å². The molecule has 7 heteroatoms. The fraction of sp³-hybridized carbons (Fsp3) is 0.571. The number of aromatic nitrogens is 1. The fourth-order valence-electron chi connectivity index (χ4n) is 2.88. The number of halogens is 1. The summed E-state index contributed by atoms with van der Waals surface area (Å²) in [6.45, 7) is 2.16. The number of hydrogen-bond acceptors (Lipinski definition) is 4. The first-order valence-electron chi connectivity index (χ1n) is 6.98. The topological polar surface area (TPSA) is 76.3 Å². The van der Waals surface area contributed by atoms with E-state index in [2.05, 4.69) is 11.9 Å². The molecule has 1 aromatic rings. The molecule has 2 unspecified atom stereocenters. The quantitative estimate of drug-likeness (QED) is 0.487. The minimum Gasteiger partial charge on any atom is -0.338 e. The molecule has 1 aliphatic rings. The molecule has 1 saturated carbocycles. The van der Waals surface area contributed by atoms with Crippen molar-refractivity contribution in [2.75, 3.05) is 7.05 Å². The highest BCUT2D eigenvalue weighted by Crippen LogP contribution is 2.30. The van der Waals surface area contributed by atoms with Crippen LogP contribution in [0.2, 0.25) is 5.15 Å². The largest absolute Gasteiger partial charge is 0.338 e. The van der Waals surface area contributed by atoms with Crippen molar-refractivity contribution in [1.29, 1.82) is 0 Å². The summed E-state index contributed by atoms with van der Waals surface area (Å²) in [6.07, 6.45) is 5.41. The minimum atomic E-state index is -0.653. The SMILES string of the molecule is CC1CCCC(N(C)C(=O)c2ccnc(Cl)c2[N+](=O)[O-])C1. The summed E-state index contributed by atoms with van der Waals surface area (Å²) >= 11 is 5.76. The molecule has 1 amide bonds. The van der Waals surface area contributed by atoms with Crippen LogP contribution >= 0.6 is 11.6 Å². The van der Waals surface area contributed by atoms with Crippen LogP contribution in [0.4, 0.5) is 5.69 Å². The van der Waals surface area contributed by atoms with Crippen LogP contribution in [0.1, 0.15) is 43.0 Å². The van der Waals surface area contributed by atoms with E-state index in [0.717, 1.165) is 19.3 Å². The number of nitrogens with zero attached hydrogens (tertiary/aromatic N) is 3. The first kappa shape index (κ1) is 15.7. The van der Waals surface area contributed by atoms with E-state index in [-0.39, 0.29) is 22.7 Å². The molecule has 0 saturated heterocycles. The van der Waals surface area contributed by atoms with Crippen LogP contribution in [0, 0.1) is 16.0 Å². The van der Waals surface area contributed by atoms with Crippen LogP contribution in [0.15, 0.2) is 12.3 Å². The van der Waals surface area contributed by atoms with E-state index in [0.29, 0.717) is 5.92 Å². The van der Waals surface area contributed by atoms with Gasteiger partial charge in [0, 0.05) is 19.3 Å². The minimum absolute atomic E-state index is 0.000673. The molecule has 1 heterocycles. The van der Waals surface area contributed by atoms with E-state index < -0.39 is 10.6 Å². The number of rotatable bonds is 3. The predicted molar refractivity (Wildman–Crippen MR) is 79.4 cm³/mol. The van der Waals surface area contributed by atoms with Crippen molar-refractivity contribution >= 4 is 23.2 Å². The van der Waals surface area contributed by atoms with Gasteiger partial charge in [-0.2, -0.15) is 0 Å². The molecule has 1 fully saturated rings.